The van der Waals surface area contributed by atoms with Crippen molar-refractivity contribution < 1.29 is 0 Å². The van der Waals surface area contributed by atoms with E-state index in [0.717, 1.165) is 22.7 Å². The minimum absolute atomic E-state index is 0.927. The van der Waals surface area contributed by atoms with Gasteiger partial charge in [-0.25, -0.2) is 9.36 Å². The van der Waals surface area contributed by atoms with E-state index in [-0.39, 0.29) is 0 Å². The number of rotatable bonds is 5. The summed E-state index contributed by atoms with van der Waals surface area (Å²) in [6.07, 6.45) is 7.35. The van der Waals surface area contributed by atoms with E-state index >= 15 is 0 Å². The number of aromatic nitrogens is 4. The minimum atomic E-state index is 0.927. The van der Waals surface area contributed by atoms with E-state index in [1.54, 1.807) is 12.4 Å². The van der Waals surface area contributed by atoms with Crippen molar-refractivity contribution >= 4 is 11.4 Å². The maximum atomic E-state index is 4.30. The normalized spacial score (nSPS) is 10.5. The predicted molar refractivity (Wildman–Crippen MR) is 94.4 cm³/mol. The fraction of sp³-hybridized carbons (Fsp3) is 0. The minimum Gasteiger partial charge on any atom is -0.299 e. The number of nitrogens with zero attached hydrogens (tertiary/aromatic N) is 4. The molecule has 0 saturated carbocycles. The summed E-state index contributed by atoms with van der Waals surface area (Å²) in [6, 6.07) is 19.8. The van der Waals surface area contributed by atoms with Gasteiger partial charge in [-0.15, -0.1) is 0 Å². The summed E-state index contributed by atoms with van der Waals surface area (Å²) in [5.74, 6) is 0. The summed E-state index contributed by atoms with van der Waals surface area (Å²) in [5, 5.41) is 8.59. The Morgan fingerprint density at radius 1 is 0.583 bits per heavy atom. The molecule has 0 bridgehead atoms. The van der Waals surface area contributed by atoms with Gasteiger partial charge in [0, 0.05) is 24.8 Å². The summed E-state index contributed by atoms with van der Waals surface area (Å²) >= 11 is 0. The highest BCUT2D eigenvalue weighted by Crippen LogP contribution is 2.22. The summed E-state index contributed by atoms with van der Waals surface area (Å²) in [6.45, 7) is 0. The third kappa shape index (κ3) is 2.72. The summed E-state index contributed by atoms with van der Waals surface area (Å²) in [7, 11) is 0. The van der Waals surface area contributed by atoms with Crippen LogP contribution in [0.15, 0.2) is 85.5 Å². The van der Waals surface area contributed by atoms with Gasteiger partial charge in [0.2, 0.25) is 0 Å². The first-order chi connectivity index (χ1) is 11.9. The van der Waals surface area contributed by atoms with Gasteiger partial charge in [0.15, 0.2) is 0 Å². The molecule has 0 fully saturated rings. The second-order valence-corrected chi connectivity index (χ2v) is 5.19. The molecule has 2 heterocycles. The molecule has 6 nitrogen and oxygen atoms in total. The van der Waals surface area contributed by atoms with Crippen molar-refractivity contribution in [1.29, 1.82) is 0 Å². The number of para-hydroxylation sites is 4. The molecule has 118 valence electrons. The van der Waals surface area contributed by atoms with Gasteiger partial charge >= 0.3 is 0 Å². The molecular weight excluding hydrogens is 300 g/mol. The molecule has 0 radical (unpaired) electrons. The van der Waals surface area contributed by atoms with Crippen molar-refractivity contribution in [3.05, 3.63) is 85.5 Å². The van der Waals surface area contributed by atoms with Crippen LogP contribution in [0.25, 0.3) is 11.4 Å². The average molecular weight is 316 g/mol. The van der Waals surface area contributed by atoms with Crippen LogP contribution in [-0.2, 0) is 0 Å². The lowest BCUT2D eigenvalue weighted by Crippen LogP contribution is -2.13. The molecule has 6 heteroatoms. The van der Waals surface area contributed by atoms with Gasteiger partial charge in [-0.1, -0.05) is 24.3 Å². The van der Waals surface area contributed by atoms with Gasteiger partial charge in [0.05, 0.1) is 22.7 Å². The average Bonchev–Trinajstić information content (AvgIpc) is 3.34. The van der Waals surface area contributed by atoms with Crippen LogP contribution in [0.4, 0.5) is 11.4 Å². The zero-order valence-corrected chi connectivity index (χ0v) is 12.9. The monoisotopic (exact) mass is 316 g/mol. The Kier molecular flexibility index (Phi) is 3.69. The van der Waals surface area contributed by atoms with E-state index in [0.29, 0.717) is 0 Å². The molecule has 0 unspecified atom stereocenters. The highest BCUT2D eigenvalue weighted by Gasteiger charge is 2.06. The Morgan fingerprint density at radius 3 is 1.46 bits per heavy atom. The number of benzene rings is 2. The second kappa shape index (κ2) is 6.29. The van der Waals surface area contributed by atoms with Crippen LogP contribution in [-0.4, -0.2) is 19.6 Å². The highest BCUT2D eigenvalue weighted by atomic mass is 15.4. The molecule has 0 atom stereocenters. The first-order valence-electron chi connectivity index (χ1n) is 7.62. The van der Waals surface area contributed by atoms with Crippen molar-refractivity contribution in [1.82, 2.24) is 19.6 Å². The Morgan fingerprint density at radius 2 is 1.04 bits per heavy atom. The molecule has 0 amide bonds. The van der Waals surface area contributed by atoms with E-state index in [4.69, 9.17) is 0 Å². The number of anilines is 2. The van der Waals surface area contributed by atoms with Crippen LogP contribution in [0.5, 0.6) is 0 Å². The maximum absolute atomic E-state index is 4.30. The van der Waals surface area contributed by atoms with Crippen molar-refractivity contribution in [3.8, 4) is 11.4 Å². The maximum Gasteiger partial charge on any atom is 0.0894 e. The van der Waals surface area contributed by atoms with Crippen LogP contribution in [0, 0.1) is 0 Å². The zero-order chi connectivity index (χ0) is 16.2. The molecular formula is C18H16N6. The van der Waals surface area contributed by atoms with Crippen LogP contribution < -0.4 is 10.9 Å². The smallest absolute Gasteiger partial charge is 0.0894 e. The van der Waals surface area contributed by atoms with Crippen LogP contribution >= 0.6 is 0 Å². The van der Waals surface area contributed by atoms with Gasteiger partial charge in [-0.2, -0.15) is 10.2 Å². The largest absolute Gasteiger partial charge is 0.299 e. The molecule has 24 heavy (non-hydrogen) atoms. The van der Waals surface area contributed by atoms with E-state index < -0.39 is 0 Å². The van der Waals surface area contributed by atoms with Gasteiger partial charge in [0.25, 0.3) is 0 Å². The van der Waals surface area contributed by atoms with Crippen LogP contribution in [0.2, 0.25) is 0 Å². The fourth-order valence-corrected chi connectivity index (χ4v) is 2.52. The lowest BCUT2D eigenvalue weighted by molar-refractivity contribution is 0.878. The van der Waals surface area contributed by atoms with E-state index in [1.165, 1.54) is 0 Å². The molecule has 2 N–H and O–H groups in total. The number of hydrogen-bond acceptors (Lipinski definition) is 4. The highest BCUT2D eigenvalue weighted by molar-refractivity contribution is 5.67. The predicted octanol–water partition coefficient (Wildman–Crippen LogP) is 3.50. The van der Waals surface area contributed by atoms with Gasteiger partial charge in [-0.05, 0) is 36.4 Å². The number of hydrazine groups is 1. The van der Waals surface area contributed by atoms with Crippen LogP contribution in [0.1, 0.15) is 0 Å². The van der Waals surface area contributed by atoms with E-state index in [9.17, 15) is 0 Å². The molecule has 4 rings (SSSR count). The Bertz CT molecular complexity index is 835. The SMILES string of the molecule is c1ccc(-n2cccn2)c(NNc2ccccc2-n2cccn2)c1. The number of nitrogens with one attached hydrogen (secondary N) is 2. The topological polar surface area (TPSA) is 59.7 Å². The van der Waals surface area contributed by atoms with Gasteiger partial charge in [0.1, 0.15) is 0 Å². The van der Waals surface area contributed by atoms with Crippen molar-refractivity contribution in [2.75, 3.05) is 10.9 Å². The van der Waals surface area contributed by atoms with E-state index in [2.05, 4.69) is 21.0 Å². The molecule has 0 saturated heterocycles. The van der Waals surface area contributed by atoms with Crippen molar-refractivity contribution in [2.45, 2.75) is 0 Å². The third-order valence-electron chi connectivity index (χ3n) is 3.64. The summed E-state index contributed by atoms with van der Waals surface area (Å²) in [5.41, 5.74) is 10.3. The third-order valence-corrected chi connectivity index (χ3v) is 3.64. The first-order valence-corrected chi connectivity index (χ1v) is 7.62. The lowest BCUT2D eigenvalue weighted by Gasteiger charge is -2.16. The molecule has 0 spiro atoms. The Hall–Kier alpha value is -3.54. The number of hydrogen-bond donors (Lipinski definition) is 2. The Labute approximate surface area is 139 Å². The first kappa shape index (κ1) is 14.1. The lowest BCUT2D eigenvalue weighted by atomic mass is 10.2. The quantitative estimate of drug-likeness (QED) is 0.553. The van der Waals surface area contributed by atoms with Gasteiger partial charge < -0.3 is 0 Å². The standard InChI is InChI=1S/C18H16N6/c1-3-9-17(23-13-5-11-19-23)15(7-1)21-22-16-8-2-4-10-18(16)24-14-6-12-20-24/h1-14,21-22H. The molecule has 0 aliphatic rings. The van der Waals surface area contributed by atoms with Crippen molar-refractivity contribution in [2.24, 2.45) is 0 Å². The molecule has 0 aliphatic carbocycles. The summed E-state index contributed by atoms with van der Waals surface area (Å²) < 4.78 is 3.65. The fourth-order valence-electron chi connectivity index (χ4n) is 2.52. The zero-order valence-electron chi connectivity index (χ0n) is 12.9. The molecule has 4 aromatic rings. The molecule has 2 aromatic carbocycles. The molecule has 0 aliphatic heterocycles. The Balaban J connectivity index is 1.61. The summed E-state index contributed by atoms with van der Waals surface area (Å²) in [4.78, 5) is 0. The van der Waals surface area contributed by atoms with E-state index in [1.807, 2.05) is 82.4 Å². The molecule has 2 aromatic heterocycles. The van der Waals surface area contributed by atoms with Crippen molar-refractivity contribution in [3.63, 3.8) is 0 Å². The second-order valence-electron chi connectivity index (χ2n) is 5.19. The van der Waals surface area contributed by atoms with Crippen LogP contribution in [0.3, 0.4) is 0 Å². The van der Waals surface area contributed by atoms with Gasteiger partial charge in [-0.3, -0.25) is 10.9 Å².